The molecule has 0 saturated carbocycles. The molecule has 134 valence electrons. The molecule has 3 aromatic rings. The minimum Gasteiger partial charge on any atom is -0.508 e. The van der Waals surface area contributed by atoms with Crippen molar-refractivity contribution in [1.29, 1.82) is 0 Å². The summed E-state index contributed by atoms with van der Waals surface area (Å²) in [5, 5.41) is 19.8. The quantitative estimate of drug-likeness (QED) is 0.726. The third-order valence-electron chi connectivity index (χ3n) is 4.43. The zero-order chi connectivity index (χ0) is 18.9. The lowest BCUT2D eigenvalue weighted by molar-refractivity contribution is 0.458. The number of sulfone groups is 1. The van der Waals surface area contributed by atoms with E-state index >= 15 is 0 Å². The molecule has 0 bridgehead atoms. The van der Waals surface area contributed by atoms with Gasteiger partial charge < -0.3 is 10.2 Å². The Bertz CT molecular complexity index is 1030. The first-order valence-electron chi connectivity index (χ1n) is 8.20. The summed E-state index contributed by atoms with van der Waals surface area (Å²) >= 11 is 0. The molecule has 0 heterocycles. The standard InChI is InChI=1S/C21H20O4S/c1-14-10-17(22)11-15(2)19(14)12-16-8-9-20(23)21(13-16)26(24,25)18-6-4-3-5-7-18/h3-11,13,22-23H,12H2,1-2H3. The van der Waals surface area contributed by atoms with Gasteiger partial charge in [0.25, 0.3) is 0 Å². The number of rotatable bonds is 4. The SMILES string of the molecule is Cc1cc(O)cc(C)c1Cc1ccc(O)c(S(=O)(=O)c2ccccc2)c1. The number of hydrogen-bond donors (Lipinski definition) is 2. The molecule has 3 rings (SSSR count). The van der Waals surface area contributed by atoms with Gasteiger partial charge in [0.15, 0.2) is 0 Å². The number of phenolic OH excluding ortho intramolecular Hbond substituents is 2. The van der Waals surface area contributed by atoms with Crippen molar-refractivity contribution in [1.82, 2.24) is 0 Å². The van der Waals surface area contributed by atoms with Gasteiger partial charge in [-0.3, -0.25) is 0 Å². The van der Waals surface area contributed by atoms with Crippen LogP contribution in [-0.4, -0.2) is 18.6 Å². The Morgan fingerprint density at radius 2 is 1.46 bits per heavy atom. The maximum absolute atomic E-state index is 12.8. The highest BCUT2D eigenvalue weighted by atomic mass is 32.2. The summed E-state index contributed by atoms with van der Waals surface area (Å²) in [6.45, 7) is 3.81. The summed E-state index contributed by atoms with van der Waals surface area (Å²) in [6, 6.07) is 16.1. The van der Waals surface area contributed by atoms with Crippen molar-refractivity contribution in [2.45, 2.75) is 30.1 Å². The Morgan fingerprint density at radius 3 is 2.08 bits per heavy atom. The molecule has 0 aliphatic heterocycles. The van der Waals surface area contributed by atoms with E-state index in [0.29, 0.717) is 6.42 Å². The van der Waals surface area contributed by atoms with E-state index in [0.717, 1.165) is 22.3 Å². The van der Waals surface area contributed by atoms with Crippen LogP contribution in [0, 0.1) is 13.8 Å². The molecule has 0 amide bonds. The van der Waals surface area contributed by atoms with E-state index in [1.165, 1.54) is 24.3 Å². The molecule has 0 fully saturated rings. The summed E-state index contributed by atoms with van der Waals surface area (Å²) in [5.74, 6) is -0.0569. The average molecular weight is 368 g/mol. The van der Waals surface area contributed by atoms with E-state index in [1.807, 2.05) is 13.8 Å². The largest absolute Gasteiger partial charge is 0.508 e. The number of aromatic hydroxyl groups is 2. The maximum Gasteiger partial charge on any atom is 0.210 e. The fourth-order valence-corrected chi connectivity index (χ4v) is 4.48. The van der Waals surface area contributed by atoms with Crippen LogP contribution in [0.15, 0.2) is 70.5 Å². The van der Waals surface area contributed by atoms with Crippen LogP contribution in [0.5, 0.6) is 11.5 Å². The first-order valence-corrected chi connectivity index (χ1v) is 9.68. The summed E-state index contributed by atoms with van der Waals surface area (Å²) in [4.78, 5) is 0.0414. The van der Waals surface area contributed by atoms with Gasteiger partial charge in [0, 0.05) is 0 Å². The maximum atomic E-state index is 12.8. The van der Waals surface area contributed by atoms with Gasteiger partial charge in [-0.2, -0.15) is 0 Å². The van der Waals surface area contributed by atoms with Crippen molar-refractivity contribution >= 4 is 9.84 Å². The Hall–Kier alpha value is -2.79. The highest BCUT2D eigenvalue weighted by Gasteiger charge is 2.22. The van der Waals surface area contributed by atoms with E-state index in [1.54, 1.807) is 36.4 Å². The van der Waals surface area contributed by atoms with Crippen LogP contribution >= 0.6 is 0 Å². The molecule has 0 aromatic heterocycles. The van der Waals surface area contributed by atoms with Crippen molar-refractivity contribution < 1.29 is 18.6 Å². The molecule has 0 atom stereocenters. The highest BCUT2D eigenvalue weighted by Crippen LogP contribution is 2.31. The molecule has 0 spiro atoms. The van der Waals surface area contributed by atoms with E-state index in [9.17, 15) is 18.6 Å². The molecule has 2 N–H and O–H groups in total. The molecular formula is C21H20O4S. The van der Waals surface area contributed by atoms with Crippen molar-refractivity contribution in [2.24, 2.45) is 0 Å². The highest BCUT2D eigenvalue weighted by molar-refractivity contribution is 7.91. The normalized spacial score (nSPS) is 11.5. The number of benzene rings is 3. The van der Waals surface area contributed by atoms with Gasteiger partial charge in [0.2, 0.25) is 9.84 Å². The zero-order valence-corrected chi connectivity index (χ0v) is 15.4. The van der Waals surface area contributed by atoms with E-state index in [2.05, 4.69) is 0 Å². The summed E-state index contributed by atoms with van der Waals surface area (Å²) in [7, 11) is -3.80. The first kappa shape index (κ1) is 18.0. The van der Waals surface area contributed by atoms with E-state index in [-0.39, 0.29) is 21.3 Å². The minimum absolute atomic E-state index is 0.102. The fourth-order valence-electron chi connectivity index (χ4n) is 3.06. The lowest BCUT2D eigenvalue weighted by Gasteiger charge is -2.13. The van der Waals surface area contributed by atoms with Crippen LogP contribution < -0.4 is 0 Å². The van der Waals surface area contributed by atoms with Crippen molar-refractivity contribution in [3.63, 3.8) is 0 Å². The van der Waals surface area contributed by atoms with Gasteiger partial charge in [-0.25, -0.2) is 8.42 Å². The Morgan fingerprint density at radius 1 is 0.846 bits per heavy atom. The zero-order valence-electron chi connectivity index (χ0n) is 14.6. The molecule has 0 aliphatic rings. The van der Waals surface area contributed by atoms with Gasteiger partial charge in [-0.05, 0) is 78.9 Å². The molecule has 3 aromatic carbocycles. The third kappa shape index (κ3) is 3.44. The Labute approximate surface area is 153 Å². The second-order valence-electron chi connectivity index (χ2n) is 6.35. The van der Waals surface area contributed by atoms with Crippen LogP contribution in [-0.2, 0) is 16.3 Å². The second kappa shape index (κ2) is 6.84. The summed E-state index contributed by atoms with van der Waals surface area (Å²) in [5.41, 5.74) is 3.66. The Kier molecular flexibility index (Phi) is 4.74. The van der Waals surface area contributed by atoms with Gasteiger partial charge in [-0.15, -0.1) is 0 Å². The van der Waals surface area contributed by atoms with Gasteiger partial charge in [0.05, 0.1) is 4.90 Å². The lowest BCUT2D eigenvalue weighted by Crippen LogP contribution is -2.04. The smallest absolute Gasteiger partial charge is 0.210 e. The average Bonchev–Trinajstić information content (AvgIpc) is 2.60. The molecule has 0 unspecified atom stereocenters. The molecule has 5 heteroatoms. The monoisotopic (exact) mass is 368 g/mol. The summed E-state index contributed by atoms with van der Waals surface area (Å²) in [6.07, 6.45) is 0.509. The lowest BCUT2D eigenvalue weighted by atomic mass is 9.96. The number of aryl methyl sites for hydroxylation is 2. The fraction of sp³-hybridized carbons (Fsp3) is 0.143. The predicted octanol–water partition coefficient (Wildman–Crippen LogP) is 4.14. The minimum atomic E-state index is -3.80. The third-order valence-corrected chi connectivity index (χ3v) is 6.23. The van der Waals surface area contributed by atoms with E-state index < -0.39 is 9.84 Å². The number of hydrogen-bond acceptors (Lipinski definition) is 4. The van der Waals surface area contributed by atoms with Gasteiger partial charge in [-0.1, -0.05) is 24.3 Å². The van der Waals surface area contributed by atoms with Crippen LogP contribution in [0.3, 0.4) is 0 Å². The van der Waals surface area contributed by atoms with Crippen molar-refractivity contribution in [2.75, 3.05) is 0 Å². The molecule has 4 nitrogen and oxygen atoms in total. The van der Waals surface area contributed by atoms with Gasteiger partial charge >= 0.3 is 0 Å². The van der Waals surface area contributed by atoms with Crippen LogP contribution in [0.2, 0.25) is 0 Å². The van der Waals surface area contributed by atoms with Gasteiger partial charge in [0.1, 0.15) is 16.4 Å². The molecule has 0 aliphatic carbocycles. The topological polar surface area (TPSA) is 74.6 Å². The van der Waals surface area contributed by atoms with Crippen molar-refractivity contribution in [3.8, 4) is 11.5 Å². The predicted molar refractivity (Wildman–Crippen MR) is 100 cm³/mol. The number of phenols is 2. The Balaban J connectivity index is 2.05. The molecule has 0 radical (unpaired) electrons. The van der Waals surface area contributed by atoms with Crippen molar-refractivity contribution in [3.05, 3.63) is 82.9 Å². The van der Waals surface area contributed by atoms with E-state index in [4.69, 9.17) is 0 Å². The second-order valence-corrected chi connectivity index (χ2v) is 8.27. The first-order chi connectivity index (χ1) is 12.3. The molecule has 0 saturated heterocycles. The van der Waals surface area contributed by atoms with Crippen LogP contribution in [0.1, 0.15) is 22.3 Å². The van der Waals surface area contributed by atoms with Crippen LogP contribution in [0.25, 0.3) is 0 Å². The molecular weight excluding hydrogens is 348 g/mol. The molecule has 26 heavy (non-hydrogen) atoms. The summed E-state index contributed by atoms with van der Waals surface area (Å²) < 4.78 is 25.7. The van der Waals surface area contributed by atoms with Crippen LogP contribution in [0.4, 0.5) is 0 Å².